The van der Waals surface area contributed by atoms with Gasteiger partial charge in [-0.3, -0.25) is 4.98 Å². The molecule has 154 valence electrons. The maximum Gasteiger partial charge on any atom is 0.407 e. The number of ether oxygens (including phenoxy) is 1. The van der Waals surface area contributed by atoms with Gasteiger partial charge < -0.3 is 14.6 Å². The Hall–Kier alpha value is -2.82. The van der Waals surface area contributed by atoms with E-state index in [0.717, 1.165) is 12.0 Å². The molecule has 2 heterocycles. The maximum absolute atomic E-state index is 11.9. The summed E-state index contributed by atoms with van der Waals surface area (Å²) < 4.78 is 7.54. The van der Waals surface area contributed by atoms with Crippen molar-refractivity contribution in [2.75, 3.05) is 6.54 Å². The van der Waals surface area contributed by atoms with Crippen LogP contribution in [0, 0.1) is 5.92 Å². The normalized spacial score (nSPS) is 11.8. The van der Waals surface area contributed by atoms with Gasteiger partial charge in [0, 0.05) is 42.6 Å². The highest BCUT2D eigenvalue weighted by atomic mass is 16.6. The molecule has 0 aliphatic heterocycles. The second kappa shape index (κ2) is 8.68. The summed E-state index contributed by atoms with van der Waals surface area (Å²) in [6.07, 6.45) is 6.50. The Morgan fingerprint density at radius 1 is 1.14 bits per heavy atom. The van der Waals surface area contributed by atoms with Crippen molar-refractivity contribution in [2.45, 2.75) is 53.2 Å². The molecule has 5 heteroatoms. The van der Waals surface area contributed by atoms with E-state index >= 15 is 0 Å². The Kier molecular flexibility index (Phi) is 6.26. The number of nitrogens with one attached hydrogen (secondary N) is 1. The highest BCUT2D eigenvalue weighted by molar-refractivity contribution is 5.88. The highest BCUT2D eigenvalue weighted by Gasteiger charge is 2.16. The molecule has 0 spiro atoms. The molecule has 3 rings (SSSR count). The van der Waals surface area contributed by atoms with Crippen molar-refractivity contribution in [3.63, 3.8) is 0 Å². The lowest BCUT2D eigenvalue weighted by atomic mass is 9.99. The number of carbonyl (C=O) groups excluding carboxylic acids is 1. The molecule has 0 saturated carbocycles. The summed E-state index contributed by atoms with van der Waals surface area (Å²) in [6.45, 7) is 11.3. The molecule has 0 saturated heterocycles. The minimum absolute atomic E-state index is 0.378. The fourth-order valence-corrected chi connectivity index (χ4v) is 3.47. The number of rotatable bonds is 6. The average molecular weight is 394 g/mol. The second-order valence-corrected chi connectivity index (χ2v) is 8.84. The molecule has 0 bridgehead atoms. The average Bonchev–Trinajstić information content (AvgIpc) is 2.97. The van der Waals surface area contributed by atoms with E-state index in [4.69, 9.17) is 4.74 Å². The van der Waals surface area contributed by atoms with Crippen molar-refractivity contribution in [2.24, 2.45) is 5.92 Å². The summed E-state index contributed by atoms with van der Waals surface area (Å²) in [7, 11) is 0. The second-order valence-electron chi connectivity index (χ2n) is 8.84. The van der Waals surface area contributed by atoms with Gasteiger partial charge in [-0.15, -0.1) is 0 Å². The van der Waals surface area contributed by atoms with Crippen LogP contribution < -0.4 is 5.32 Å². The summed E-state index contributed by atoms with van der Waals surface area (Å²) in [5, 5.41) is 4.12. The predicted molar refractivity (Wildman–Crippen MR) is 118 cm³/mol. The summed E-state index contributed by atoms with van der Waals surface area (Å²) >= 11 is 0. The first-order valence-corrected chi connectivity index (χ1v) is 10.2. The Balaban J connectivity index is 1.83. The van der Waals surface area contributed by atoms with Gasteiger partial charge in [0.05, 0.1) is 0 Å². The van der Waals surface area contributed by atoms with Crippen molar-refractivity contribution in [1.82, 2.24) is 14.9 Å². The van der Waals surface area contributed by atoms with Crippen LogP contribution in [0.15, 0.2) is 48.9 Å². The Bertz CT molecular complexity index is 969. The van der Waals surface area contributed by atoms with E-state index in [0.29, 0.717) is 19.0 Å². The van der Waals surface area contributed by atoms with Gasteiger partial charge in [-0.1, -0.05) is 19.9 Å². The smallest absolute Gasteiger partial charge is 0.407 e. The number of pyridine rings is 1. The third kappa shape index (κ3) is 5.59. The molecule has 0 aliphatic carbocycles. The Morgan fingerprint density at radius 3 is 2.52 bits per heavy atom. The fourth-order valence-electron chi connectivity index (χ4n) is 3.47. The van der Waals surface area contributed by atoms with Gasteiger partial charge in [0.15, 0.2) is 0 Å². The van der Waals surface area contributed by atoms with Gasteiger partial charge in [0.25, 0.3) is 0 Å². The van der Waals surface area contributed by atoms with E-state index < -0.39 is 5.60 Å². The Labute approximate surface area is 173 Å². The van der Waals surface area contributed by atoms with Crippen molar-refractivity contribution in [3.05, 3.63) is 54.5 Å². The molecule has 0 radical (unpaired) electrons. The lowest BCUT2D eigenvalue weighted by Crippen LogP contribution is -2.34. The third-order valence-electron chi connectivity index (χ3n) is 4.63. The van der Waals surface area contributed by atoms with Gasteiger partial charge in [0.1, 0.15) is 5.60 Å². The number of hydrogen-bond donors (Lipinski definition) is 1. The van der Waals surface area contributed by atoms with Crippen LogP contribution in [-0.4, -0.2) is 27.8 Å². The van der Waals surface area contributed by atoms with Gasteiger partial charge in [-0.2, -0.15) is 0 Å². The summed E-state index contributed by atoms with van der Waals surface area (Å²) in [4.78, 5) is 16.0. The molecule has 0 aliphatic rings. The van der Waals surface area contributed by atoms with Crippen molar-refractivity contribution in [3.8, 4) is 11.1 Å². The van der Waals surface area contributed by atoms with Gasteiger partial charge >= 0.3 is 6.09 Å². The minimum Gasteiger partial charge on any atom is -0.444 e. The summed E-state index contributed by atoms with van der Waals surface area (Å²) in [5.74, 6) is 0.568. The SMILES string of the molecule is CC(C)Cc1cn(CCNC(=O)OC(C)(C)C)c2ccc(-c3ccncc3)cc12. The maximum atomic E-state index is 11.9. The quantitative estimate of drug-likeness (QED) is 0.608. The number of benzene rings is 1. The van der Waals surface area contributed by atoms with E-state index in [-0.39, 0.29) is 6.09 Å². The molecule has 1 aromatic carbocycles. The zero-order chi connectivity index (χ0) is 21.0. The molecule has 3 aromatic rings. The number of nitrogens with zero attached hydrogens (tertiary/aromatic N) is 2. The number of hydrogen-bond acceptors (Lipinski definition) is 3. The lowest BCUT2D eigenvalue weighted by Gasteiger charge is -2.19. The van der Waals surface area contributed by atoms with Crippen LogP contribution >= 0.6 is 0 Å². The lowest BCUT2D eigenvalue weighted by molar-refractivity contribution is 0.0526. The number of carbonyl (C=O) groups is 1. The van der Waals surface area contributed by atoms with E-state index in [9.17, 15) is 4.79 Å². The monoisotopic (exact) mass is 393 g/mol. The molecule has 0 fully saturated rings. The largest absolute Gasteiger partial charge is 0.444 e. The van der Waals surface area contributed by atoms with Gasteiger partial charge in [0.2, 0.25) is 0 Å². The molecule has 1 amide bonds. The molecular formula is C24H31N3O2. The van der Waals surface area contributed by atoms with Crippen LogP contribution in [-0.2, 0) is 17.7 Å². The number of aromatic nitrogens is 2. The first kappa shape index (κ1) is 20.9. The van der Waals surface area contributed by atoms with Gasteiger partial charge in [-0.25, -0.2) is 4.79 Å². The molecule has 29 heavy (non-hydrogen) atoms. The molecule has 0 unspecified atom stereocenters. The molecule has 1 N–H and O–H groups in total. The van der Waals surface area contributed by atoms with Crippen molar-refractivity contribution >= 4 is 17.0 Å². The number of amides is 1. The summed E-state index contributed by atoms with van der Waals surface area (Å²) in [5.41, 5.74) is 4.39. The molecule has 2 aromatic heterocycles. The first-order valence-electron chi connectivity index (χ1n) is 10.2. The number of alkyl carbamates (subject to hydrolysis) is 1. The van der Waals surface area contributed by atoms with Crippen LogP contribution in [0.3, 0.4) is 0 Å². The molecule has 5 nitrogen and oxygen atoms in total. The van der Waals surface area contributed by atoms with Crippen LogP contribution in [0.25, 0.3) is 22.0 Å². The zero-order valence-corrected chi connectivity index (χ0v) is 18.0. The highest BCUT2D eigenvalue weighted by Crippen LogP contribution is 2.29. The molecular weight excluding hydrogens is 362 g/mol. The standard InChI is InChI=1S/C24H31N3O2/c1-17(2)14-20-16-27(13-12-26-23(28)29-24(3,4)5)22-7-6-19(15-21(20)22)18-8-10-25-11-9-18/h6-11,15-17H,12-14H2,1-5H3,(H,26,28). The van der Waals surface area contributed by atoms with E-state index in [1.807, 2.05) is 45.3 Å². The van der Waals surface area contributed by atoms with Crippen molar-refractivity contribution < 1.29 is 9.53 Å². The zero-order valence-electron chi connectivity index (χ0n) is 18.0. The first-order chi connectivity index (χ1) is 13.7. The van der Waals surface area contributed by atoms with Gasteiger partial charge in [-0.05, 0) is 74.1 Å². The van der Waals surface area contributed by atoms with Crippen LogP contribution in [0.2, 0.25) is 0 Å². The topological polar surface area (TPSA) is 56.2 Å². The van der Waals surface area contributed by atoms with E-state index in [2.05, 4.69) is 53.1 Å². The van der Waals surface area contributed by atoms with Crippen LogP contribution in [0.1, 0.15) is 40.2 Å². The van der Waals surface area contributed by atoms with Crippen LogP contribution in [0.4, 0.5) is 4.79 Å². The number of fused-ring (bicyclic) bond motifs is 1. The fraction of sp³-hybridized carbons (Fsp3) is 0.417. The minimum atomic E-state index is -0.488. The van der Waals surface area contributed by atoms with E-state index in [1.165, 1.54) is 22.0 Å². The van der Waals surface area contributed by atoms with Crippen LogP contribution in [0.5, 0.6) is 0 Å². The van der Waals surface area contributed by atoms with E-state index in [1.54, 1.807) is 0 Å². The molecule has 0 atom stereocenters. The Morgan fingerprint density at radius 2 is 1.86 bits per heavy atom. The predicted octanol–water partition coefficient (Wildman–Crippen LogP) is 5.43. The summed E-state index contributed by atoms with van der Waals surface area (Å²) in [6, 6.07) is 10.6. The van der Waals surface area contributed by atoms with Crippen molar-refractivity contribution in [1.29, 1.82) is 0 Å². The third-order valence-corrected chi connectivity index (χ3v) is 4.63.